The number of likely N-dealkylation sites (N-methyl/N-ethyl adjacent to an activating group) is 1. The quantitative estimate of drug-likeness (QED) is 0.503. The van der Waals surface area contributed by atoms with Gasteiger partial charge in [0.25, 0.3) is 5.91 Å². The zero-order valence-electron chi connectivity index (χ0n) is 22.0. The fraction of sp³-hybridized carbons (Fsp3) is 0.448. The van der Waals surface area contributed by atoms with Crippen LogP contribution in [0, 0.1) is 11.6 Å². The molecule has 3 aliphatic heterocycles. The summed E-state index contributed by atoms with van der Waals surface area (Å²) in [7, 11) is 2.02. The van der Waals surface area contributed by atoms with Crippen LogP contribution in [0.3, 0.4) is 0 Å². The van der Waals surface area contributed by atoms with Crippen molar-refractivity contribution >= 4 is 28.4 Å². The molecule has 0 radical (unpaired) electrons. The van der Waals surface area contributed by atoms with Crippen molar-refractivity contribution in [1.82, 2.24) is 9.80 Å². The first kappa shape index (κ1) is 25.8. The number of fused-ring (bicyclic) bond motifs is 1. The van der Waals surface area contributed by atoms with Crippen LogP contribution < -0.4 is 15.2 Å². The third-order valence-corrected chi connectivity index (χ3v) is 8.00. The third-order valence-electron chi connectivity index (χ3n) is 8.00. The van der Waals surface area contributed by atoms with Gasteiger partial charge in [-0.05, 0) is 44.2 Å². The molecule has 0 bridgehead atoms. The van der Waals surface area contributed by atoms with E-state index >= 15 is 0 Å². The Kier molecular flexibility index (Phi) is 6.99. The van der Waals surface area contributed by atoms with Gasteiger partial charge in [0, 0.05) is 74.8 Å². The third kappa shape index (κ3) is 5.10. The van der Waals surface area contributed by atoms with E-state index in [1.165, 1.54) is 18.2 Å². The molecule has 8 nitrogen and oxygen atoms in total. The molecule has 3 aromatic rings. The van der Waals surface area contributed by atoms with E-state index in [1.807, 2.05) is 27.8 Å². The van der Waals surface area contributed by atoms with E-state index in [1.54, 1.807) is 6.07 Å². The van der Waals surface area contributed by atoms with Crippen molar-refractivity contribution < 1.29 is 22.7 Å². The van der Waals surface area contributed by atoms with Gasteiger partial charge in [-0.1, -0.05) is 0 Å². The number of carbonyl (C=O) groups is 1. The molecule has 3 aliphatic rings. The van der Waals surface area contributed by atoms with E-state index in [0.717, 1.165) is 25.6 Å². The Bertz CT molecular complexity index is 1430. The van der Waals surface area contributed by atoms with Gasteiger partial charge in [-0.15, -0.1) is 0 Å². The summed E-state index contributed by atoms with van der Waals surface area (Å²) in [5.74, 6) is -0.984. The number of amides is 1. The summed E-state index contributed by atoms with van der Waals surface area (Å²) in [5.41, 5.74) is 1.71. The van der Waals surface area contributed by atoms with Crippen LogP contribution in [-0.2, 0) is 4.74 Å². The van der Waals surface area contributed by atoms with Gasteiger partial charge in [-0.2, -0.15) is 0 Å². The van der Waals surface area contributed by atoms with Crippen molar-refractivity contribution in [2.24, 2.45) is 0 Å². The first-order valence-electron chi connectivity index (χ1n) is 13.5. The Morgan fingerprint density at radius 1 is 0.897 bits per heavy atom. The van der Waals surface area contributed by atoms with Crippen LogP contribution in [0.2, 0.25) is 0 Å². The molecule has 1 amide bonds. The van der Waals surface area contributed by atoms with Gasteiger partial charge in [-0.25, -0.2) is 8.78 Å². The normalized spacial score (nSPS) is 20.7. The van der Waals surface area contributed by atoms with Gasteiger partial charge in [0.15, 0.2) is 11.3 Å². The van der Waals surface area contributed by atoms with Crippen molar-refractivity contribution in [2.75, 3.05) is 75.9 Å². The van der Waals surface area contributed by atoms with Crippen molar-refractivity contribution in [3.8, 4) is 0 Å². The average Bonchev–Trinajstić information content (AvgIpc) is 3.42. The Balaban J connectivity index is 1.48. The maximum Gasteiger partial charge on any atom is 0.253 e. The zero-order valence-corrected chi connectivity index (χ0v) is 22.0. The summed E-state index contributed by atoms with van der Waals surface area (Å²) in [6, 6.07) is 8.10. The molecular weight excluding hydrogens is 506 g/mol. The van der Waals surface area contributed by atoms with Gasteiger partial charge in [0.2, 0.25) is 0 Å². The Morgan fingerprint density at radius 2 is 1.62 bits per heavy atom. The Labute approximate surface area is 225 Å². The molecule has 3 fully saturated rings. The predicted octanol–water partition coefficient (Wildman–Crippen LogP) is 3.64. The van der Waals surface area contributed by atoms with E-state index in [0.29, 0.717) is 86.0 Å². The minimum absolute atomic E-state index is 0.135. The van der Waals surface area contributed by atoms with Crippen molar-refractivity contribution in [3.05, 3.63) is 69.4 Å². The van der Waals surface area contributed by atoms with Gasteiger partial charge < -0.3 is 28.8 Å². The average molecular weight is 539 g/mol. The second kappa shape index (κ2) is 10.6. The lowest BCUT2D eigenvalue weighted by Crippen LogP contribution is -2.47. The number of nitrogens with zero attached hydrogens (tertiary/aromatic N) is 4. The topological polar surface area (TPSA) is 69.5 Å². The lowest BCUT2D eigenvalue weighted by Gasteiger charge is -2.33. The Morgan fingerprint density at radius 3 is 2.33 bits per heavy atom. The highest BCUT2D eigenvalue weighted by molar-refractivity contribution is 5.99. The van der Waals surface area contributed by atoms with Crippen molar-refractivity contribution in [1.29, 1.82) is 0 Å². The molecule has 3 saturated heterocycles. The minimum Gasteiger partial charge on any atom is -0.440 e. The maximum absolute atomic E-state index is 14.2. The molecule has 0 spiro atoms. The van der Waals surface area contributed by atoms with Crippen LogP contribution >= 0.6 is 0 Å². The van der Waals surface area contributed by atoms with Crippen LogP contribution in [0.5, 0.6) is 0 Å². The summed E-state index contributed by atoms with van der Waals surface area (Å²) in [6.45, 7) is 5.61. The highest BCUT2D eigenvalue weighted by atomic mass is 19.1. The molecule has 2 aromatic carbocycles. The molecule has 1 atom stereocenters. The summed E-state index contributed by atoms with van der Waals surface area (Å²) < 4.78 is 40.2. The van der Waals surface area contributed by atoms with E-state index in [4.69, 9.17) is 9.15 Å². The maximum atomic E-state index is 14.2. The molecule has 0 saturated carbocycles. The van der Waals surface area contributed by atoms with E-state index in [2.05, 4.69) is 4.90 Å². The first-order valence-corrected chi connectivity index (χ1v) is 13.5. The molecule has 0 N–H and O–H groups in total. The fourth-order valence-corrected chi connectivity index (χ4v) is 5.88. The highest BCUT2D eigenvalue weighted by Crippen LogP contribution is 2.40. The predicted molar refractivity (Wildman–Crippen MR) is 145 cm³/mol. The Hall–Kier alpha value is -3.50. The summed E-state index contributed by atoms with van der Waals surface area (Å²) in [4.78, 5) is 35.0. The number of carbonyl (C=O) groups excluding carboxylic acids is 1. The lowest BCUT2D eigenvalue weighted by atomic mass is 9.97. The monoisotopic (exact) mass is 538 g/mol. The fourth-order valence-electron chi connectivity index (χ4n) is 5.88. The van der Waals surface area contributed by atoms with Crippen LogP contribution in [0.1, 0.15) is 34.8 Å². The number of hydrogen-bond donors (Lipinski definition) is 0. The molecule has 206 valence electrons. The number of morpholine rings is 1. The number of hydrogen-bond acceptors (Lipinski definition) is 7. The second-order valence-electron chi connectivity index (χ2n) is 10.6. The molecule has 0 aliphatic carbocycles. The van der Waals surface area contributed by atoms with Crippen LogP contribution in [0.15, 0.2) is 45.6 Å². The summed E-state index contributed by atoms with van der Waals surface area (Å²) >= 11 is 0. The summed E-state index contributed by atoms with van der Waals surface area (Å²) in [6.07, 6.45) is 1.47. The molecular formula is C29H32F2N4O4. The second-order valence-corrected chi connectivity index (χ2v) is 10.6. The molecule has 39 heavy (non-hydrogen) atoms. The van der Waals surface area contributed by atoms with E-state index in [9.17, 15) is 18.4 Å². The van der Waals surface area contributed by atoms with Crippen molar-refractivity contribution in [3.63, 3.8) is 0 Å². The number of piperazine rings is 1. The molecule has 1 aromatic heterocycles. The smallest absolute Gasteiger partial charge is 0.253 e. The summed E-state index contributed by atoms with van der Waals surface area (Å²) in [5, 5.41) is 0.333. The first-order chi connectivity index (χ1) is 18.9. The zero-order chi connectivity index (χ0) is 27.1. The molecule has 0 unspecified atom stereocenters. The molecule has 4 heterocycles. The van der Waals surface area contributed by atoms with Crippen LogP contribution in [0.4, 0.5) is 20.4 Å². The van der Waals surface area contributed by atoms with E-state index in [-0.39, 0.29) is 17.4 Å². The van der Waals surface area contributed by atoms with Gasteiger partial charge in [0.1, 0.15) is 17.2 Å². The molecule has 10 heteroatoms. The largest absolute Gasteiger partial charge is 0.440 e. The molecule has 6 rings (SSSR count). The van der Waals surface area contributed by atoms with Gasteiger partial charge >= 0.3 is 0 Å². The standard InChI is InChI=1S/C29H32F2N4O4/c1-32-5-7-34(8-6-32)29(37)19-13-23(25-3-2-4-35(25)22-16-20(30)15-21(31)17-22)28-24(14-19)26(36)18-27(39-28)33-9-11-38-12-10-33/h13-18,25H,2-12H2,1H3/t25-/m1/s1. The van der Waals surface area contributed by atoms with Crippen LogP contribution in [-0.4, -0.2) is 81.8 Å². The van der Waals surface area contributed by atoms with E-state index < -0.39 is 11.6 Å². The van der Waals surface area contributed by atoms with Crippen LogP contribution in [0.25, 0.3) is 11.0 Å². The SMILES string of the molecule is CN1CCN(C(=O)c2cc([C@H]3CCCN3c3cc(F)cc(F)c3)c3oc(N4CCOCC4)cc(=O)c3c2)CC1. The van der Waals surface area contributed by atoms with Crippen molar-refractivity contribution in [2.45, 2.75) is 18.9 Å². The lowest BCUT2D eigenvalue weighted by molar-refractivity contribution is 0.0664. The van der Waals surface area contributed by atoms with Gasteiger partial charge in [-0.3, -0.25) is 9.59 Å². The van der Waals surface area contributed by atoms with Gasteiger partial charge in [0.05, 0.1) is 24.6 Å². The number of halogens is 2. The number of benzene rings is 2. The minimum atomic E-state index is -0.652. The number of rotatable bonds is 4. The number of anilines is 2. The highest BCUT2D eigenvalue weighted by Gasteiger charge is 2.32. The number of ether oxygens (including phenoxy) is 1.